The van der Waals surface area contributed by atoms with Crippen LogP contribution in [-0.2, 0) is 4.79 Å². The number of carbonyl (C=O) groups excluding carboxylic acids is 2. The lowest BCUT2D eigenvalue weighted by atomic mass is 9.77. The first-order chi connectivity index (χ1) is 16.6. The van der Waals surface area contributed by atoms with E-state index in [0.717, 1.165) is 56.6 Å². The minimum atomic E-state index is -0.345. The molecule has 1 saturated heterocycles. The van der Waals surface area contributed by atoms with E-state index in [1.165, 1.54) is 11.8 Å². The van der Waals surface area contributed by atoms with Gasteiger partial charge in [-0.1, -0.05) is 19.9 Å². The van der Waals surface area contributed by atoms with Crippen LogP contribution >= 0.6 is 0 Å². The Kier molecular flexibility index (Phi) is 7.25. The molecule has 2 amide bonds. The zero-order valence-corrected chi connectivity index (χ0v) is 21.2. The molecular formula is C26H37N7O2. The van der Waals surface area contributed by atoms with Gasteiger partial charge in [-0.25, -0.2) is 4.98 Å². The molecule has 0 saturated carbocycles. The smallest absolute Gasteiger partial charge is 0.291 e. The first-order valence-corrected chi connectivity index (χ1v) is 12.4. The number of aromatic amines is 1. The van der Waals surface area contributed by atoms with E-state index in [0.29, 0.717) is 18.1 Å². The largest absolute Gasteiger partial charge is 0.384 e. The van der Waals surface area contributed by atoms with Crippen molar-refractivity contribution in [2.75, 3.05) is 44.8 Å². The summed E-state index contributed by atoms with van der Waals surface area (Å²) in [6.45, 7) is 6.47. The molecular weight excluding hydrogens is 442 g/mol. The maximum absolute atomic E-state index is 12.8. The summed E-state index contributed by atoms with van der Waals surface area (Å²) in [4.78, 5) is 41.0. The van der Waals surface area contributed by atoms with Gasteiger partial charge in [-0.15, -0.1) is 0 Å². The van der Waals surface area contributed by atoms with E-state index in [4.69, 9.17) is 10.7 Å². The number of rotatable bonds is 6. The van der Waals surface area contributed by atoms with Crippen LogP contribution in [0.15, 0.2) is 24.4 Å². The van der Waals surface area contributed by atoms with E-state index < -0.39 is 0 Å². The van der Waals surface area contributed by atoms with Crippen LogP contribution in [0.4, 0.5) is 11.5 Å². The molecule has 1 aliphatic carbocycles. The Morgan fingerprint density at radius 1 is 1.26 bits per heavy atom. The van der Waals surface area contributed by atoms with Crippen LogP contribution in [0, 0.1) is 5.41 Å². The van der Waals surface area contributed by atoms with Gasteiger partial charge in [-0.05, 0) is 69.3 Å². The van der Waals surface area contributed by atoms with Gasteiger partial charge in [0.05, 0.1) is 24.1 Å². The molecule has 0 atom stereocenters. The third kappa shape index (κ3) is 6.08. The fourth-order valence-electron chi connectivity index (χ4n) is 4.77. The van der Waals surface area contributed by atoms with Crippen LogP contribution < -0.4 is 11.1 Å². The Morgan fingerprint density at radius 3 is 2.60 bits per heavy atom. The summed E-state index contributed by atoms with van der Waals surface area (Å²) in [5, 5.41) is 2.98. The van der Waals surface area contributed by atoms with E-state index in [2.05, 4.69) is 35.2 Å². The average molecular weight is 480 g/mol. The minimum Gasteiger partial charge on any atom is -0.384 e. The number of likely N-dealkylation sites (N-methyl/N-ethyl adjacent to an activating group) is 1. The highest BCUT2D eigenvalue weighted by molar-refractivity contribution is 6.03. The molecule has 9 heteroatoms. The minimum absolute atomic E-state index is 0.172. The molecule has 0 aromatic carbocycles. The number of pyridine rings is 1. The number of nitrogens with two attached hydrogens (primary N) is 1. The standard InChI is InChI=1S/C26H37N7O2/c1-26(2)11-7-18(8-12-26)23-20(30-25(35)24-28-15-21(27)31-24)6-5-19(29-23)17-9-13-33(14-10-17)22(34)16-32(3)4/h5-7,15,17H,8-14,16,27H2,1-4H3,(H,28,31)(H,30,35). The molecule has 0 spiro atoms. The number of carbonyl (C=O) groups is 2. The van der Waals surface area contributed by atoms with Crippen molar-refractivity contribution in [1.82, 2.24) is 24.8 Å². The lowest BCUT2D eigenvalue weighted by Crippen LogP contribution is -2.42. The van der Waals surface area contributed by atoms with Gasteiger partial charge in [0, 0.05) is 24.7 Å². The number of likely N-dealkylation sites (tertiary alicyclic amines) is 1. The fraction of sp³-hybridized carbons (Fsp3) is 0.538. The molecule has 4 N–H and O–H groups in total. The van der Waals surface area contributed by atoms with Gasteiger partial charge in [-0.2, -0.15) is 0 Å². The molecule has 0 bridgehead atoms. The third-order valence-electron chi connectivity index (χ3n) is 6.97. The molecule has 0 unspecified atom stereocenters. The van der Waals surface area contributed by atoms with Crippen molar-refractivity contribution in [3.05, 3.63) is 41.6 Å². The zero-order valence-electron chi connectivity index (χ0n) is 21.2. The lowest BCUT2D eigenvalue weighted by molar-refractivity contribution is -0.132. The van der Waals surface area contributed by atoms with Crippen LogP contribution in [0.2, 0.25) is 0 Å². The molecule has 0 radical (unpaired) electrons. The van der Waals surface area contributed by atoms with E-state index in [-0.39, 0.29) is 29.0 Å². The summed E-state index contributed by atoms with van der Waals surface area (Å²) in [7, 11) is 3.83. The highest BCUT2D eigenvalue weighted by atomic mass is 16.2. The highest BCUT2D eigenvalue weighted by Crippen LogP contribution is 2.40. The van der Waals surface area contributed by atoms with Gasteiger partial charge in [0.1, 0.15) is 5.82 Å². The van der Waals surface area contributed by atoms with Gasteiger partial charge in [0.25, 0.3) is 5.91 Å². The van der Waals surface area contributed by atoms with Crippen molar-refractivity contribution in [2.45, 2.75) is 51.9 Å². The number of amides is 2. The van der Waals surface area contributed by atoms with Crippen molar-refractivity contribution < 1.29 is 9.59 Å². The number of H-pyrrole nitrogens is 1. The second-order valence-corrected chi connectivity index (χ2v) is 10.8. The molecule has 4 rings (SSSR count). The van der Waals surface area contributed by atoms with E-state index in [1.54, 1.807) is 0 Å². The number of hydrogen-bond acceptors (Lipinski definition) is 6. The van der Waals surface area contributed by atoms with E-state index in [9.17, 15) is 9.59 Å². The van der Waals surface area contributed by atoms with Crippen molar-refractivity contribution in [2.24, 2.45) is 5.41 Å². The molecule has 35 heavy (non-hydrogen) atoms. The molecule has 2 aromatic rings. The lowest BCUT2D eigenvalue weighted by Gasteiger charge is -2.33. The summed E-state index contributed by atoms with van der Waals surface area (Å²) in [5.74, 6) is 0.630. The van der Waals surface area contributed by atoms with Gasteiger partial charge in [0.2, 0.25) is 5.91 Å². The van der Waals surface area contributed by atoms with Crippen LogP contribution in [0.1, 0.15) is 73.9 Å². The van der Waals surface area contributed by atoms with Crippen molar-refractivity contribution in [3.8, 4) is 0 Å². The number of nitrogens with one attached hydrogen (secondary N) is 2. The quantitative estimate of drug-likeness (QED) is 0.583. The number of nitrogens with zero attached hydrogens (tertiary/aromatic N) is 4. The average Bonchev–Trinajstić information content (AvgIpc) is 3.26. The monoisotopic (exact) mass is 479 g/mol. The molecule has 188 valence electrons. The summed E-state index contributed by atoms with van der Waals surface area (Å²) >= 11 is 0. The number of allylic oxidation sites excluding steroid dienone is 2. The fourth-order valence-corrected chi connectivity index (χ4v) is 4.77. The van der Waals surface area contributed by atoms with E-state index >= 15 is 0 Å². The Morgan fingerprint density at radius 2 is 2.00 bits per heavy atom. The summed E-state index contributed by atoms with van der Waals surface area (Å²) in [5.41, 5.74) is 9.65. The SMILES string of the molecule is CN(C)CC(=O)N1CCC(c2ccc(NC(=O)c3ncc(N)[nH]3)c(C3=CCC(C)(C)CC3)n2)CC1. The molecule has 3 heterocycles. The predicted molar refractivity (Wildman–Crippen MR) is 138 cm³/mol. The first kappa shape index (κ1) is 24.9. The molecule has 9 nitrogen and oxygen atoms in total. The number of nitrogen functional groups attached to an aromatic ring is 1. The van der Waals surface area contributed by atoms with Crippen molar-refractivity contribution in [3.63, 3.8) is 0 Å². The van der Waals surface area contributed by atoms with Gasteiger partial charge >= 0.3 is 0 Å². The number of imidazole rings is 1. The van der Waals surface area contributed by atoms with Gasteiger partial charge in [0.15, 0.2) is 5.82 Å². The van der Waals surface area contributed by atoms with Gasteiger partial charge in [-0.3, -0.25) is 14.6 Å². The second-order valence-electron chi connectivity index (χ2n) is 10.8. The summed E-state index contributed by atoms with van der Waals surface area (Å²) in [6.07, 6.45) is 8.42. The number of hydrogen-bond donors (Lipinski definition) is 3. The topological polar surface area (TPSA) is 120 Å². The first-order valence-electron chi connectivity index (χ1n) is 12.4. The van der Waals surface area contributed by atoms with Crippen LogP contribution in [0.25, 0.3) is 5.57 Å². The van der Waals surface area contributed by atoms with Crippen LogP contribution in [0.5, 0.6) is 0 Å². The Balaban J connectivity index is 1.55. The normalized spacial score (nSPS) is 18.4. The number of aromatic nitrogens is 3. The number of piperidine rings is 1. The van der Waals surface area contributed by atoms with Crippen LogP contribution in [0.3, 0.4) is 0 Å². The van der Waals surface area contributed by atoms with Crippen molar-refractivity contribution in [1.29, 1.82) is 0 Å². The molecule has 2 aliphatic rings. The zero-order chi connectivity index (χ0) is 25.2. The third-order valence-corrected chi connectivity index (χ3v) is 6.97. The maximum atomic E-state index is 12.8. The second kappa shape index (κ2) is 10.2. The maximum Gasteiger partial charge on any atom is 0.291 e. The molecule has 1 fully saturated rings. The number of anilines is 2. The predicted octanol–water partition coefficient (Wildman–Crippen LogP) is 3.50. The van der Waals surface area contributed by atoms with Crippen molar-refractivity contribution >= 4 is 28.9 Å². The Hall–Kier alpha value is -3.20. The molecule has 2 aromatic heterocycles. The molecule has 1 aliphatic heterocycles. The summed E-state index contributed by atoms with van der Waals surface area (Å²) < 4.78 is 0. The Bertz CT molecular complexity index is 1110. The highest BCUT2D eigenvalue weighted by Gasteiger charge is 2.28. The Labute approximate surface area is 207 Å². The van der Waals surface area contributed by atoms with E-state index in [1.807, 2.05) is 36.0 Å². The summed E-state index contributed by atoms with van der Waals surface area (Å²) in [6, 6.07) is 3.96. The van der Waals surface area contributed by atoms with Crippen LogP contribution in [-0.4, -0.2) is 70.3 Å². The van der Waals surface area contributed by atoms with Gasteiger partial charge < -0.3 is 25.8 Å².